The largest absolute Gasteiger partial charge is 0.383 e. The molecule has 0 fully saturated rings. The molecule has 1 atom stereocenters. The van der Waals surface area contributed by atoms with Crippen molar-refractivity contribution in [1.29, 1.82) is 0 Å². The van der Waals surface area contributed by atoms with Gasteiger partial charge in [0.2, 0.25) is 0 Å². The zero-order valence-corrected chi connectivity index (χ0v) is 8.81. The smallest absolute Gasteiger partial charge is 0.146 e. The second-order valence-electron chi connectivity index (χ2n) is 3.32. The van der Waals surface area contributed by atoms with E-state index in [2.05, 4.69) is 5.32 Å². The Labute approximate surface area is 88.2 Å². The summed E-state index contributed by atoms with van der Waals surface area (Å²) < 4.78 is 13.1. The third kappa shape index (κ3) is 3.52. The number of rotatable bonds is 4. The van der Waals surface area contributed by atoms with Crippen LogP contribution >= 0.6 is 11.6 Å². The minimum absolute atomic E-state index is 0.116. The van der Waals surface area contributed by atoms with Crippen LogP contribution in [0.2, 0.25) is 5.02 Å². The van der Waals surface area contributed by atoms with Gasteiger partial charge in [-0.15, -0.1) is 0 Å². The second-order valence-corrected chi connectivity index (χ2v) is 3.75. The third-order valence-corrected chi connectivity index (χ3v) is 2.08. The van der Waals surface area contributed by atoms with E-state index in [-0.39, 0.29) is 11.9 Å². The van der Waals surface area contributed by atoms with Crippen molar-refractivity contribution in [1.82, 2.24) is 0 Å². The quantitative estimate of drug-likeness (QED) is 0.812. The van der Waals surface area contributed by atoms with Crippen LogP contribution in [-0.2, 0) is 0 Å². The van der Waals surface area contributed by atoms with Crippen molar-refractivity contribution in [2.24, 2.45) is 5.73 Å². The maximum absolute atomic E-state index is 13.1. The van der Waals surface area contributed by atoms with E-state index in [0.29, 0.717) is 17.3 Å². The van der Waals surface area contributed by atoms with E-state index in [1.165, 1.54) is 12.1 Å². The molecule has 0 aliphatic carbocycles. The van der Waals surface area contributed by atoms with Gasteiger partial charge in [0.05, 0.1) is 5.69 Å². The van der Waals surface area contributed by atoms with Crippen LogP contribution in [0.1, 0.15) is 13.3 Å². The maximum atomic E-state index is 13.1. The first-order chi connectivity index (χ1) is 6.59. The summed E-state index contributed by atoms with van der Waals surface area (Å²) in [5.74, 6) is -0.293. The van der Waals surface area contributed by atoms with E-state index in [4.69, 9.17) is 17.3 Å². The number of nitrogens with two attached hydrogens (primary N) is 1. The van der Waals surface area contributed by atoms with E-state index < -0.39 is 0 Å². The number of halogens is 2. The van der Waals surface area contributed by atoms with Crippen LogP contribution in [0.25, 0.3) is 0 Å². The summed E-state index contributed by atoms with van der Waals surface area (Å²) in [7, 11) is 0. The predicted molar refractivity (Wildman–Crippen MR) is 58.2 cm³/mol. The van der Waals surface area contributed by atoms with E-state index in [1.807, 2.05) is 6.92 Å². The van der Waals surface area contributed by atoms with Crippen LogP contribution in [0.15, 0.2) is 18.2 Å². The Morgan fingerprint density at radius 1 is 1.57 bits per heavy atom. The van der Waals surface area contributed by atoms with Crippen LogP contribution < -0.4 is 11.1 Å². The van der Waals surface area contributed by atoms with Crippen LogP contribution in [0.3, 0.4) is 0 Å². The molecule has 1 rings (SSSR count). The molecule has 0 aliphatic rings. The predicted octanol–water partition coefficient (Wildman–Crippen LogP) is 2.63. The SMILES string of the molecule is CC(N)CCNc1cc(Cl)ccc1F. The lowest BCUT2D eigenvalue weighted by Gasteiger charge is -2.09. The topological polar surface area (TPSA) is 38.0 Å². The Hall–Kier alpha value is -0.800. The lowest BCUT2D eigenvalue weighted by Crippen LogP contribution is -2.19. The fraction of sp³-hybridized carbons (Fsp3) is 0.400. The van der Waals surface area contributed by atoms with Gasteiger partial charge in [-0.1, -0.05) is 11.6 Å². The molecule has 0 spiro atoms. The molecule has 0 aliphatic heterocycles. The highest BCUT2D eigenvalue weighted by molar-refractivity contribution is 6.30. The van der Waals surface area contributed by atoms with Crippen LogP contribution in [0.5, 0.6) is 0 Å². The highest BCUT2D eigenvalue weighted by Crippen LogP contribution is 2.19. The van der Waals surface area contributed by atoms with Crippen molar-refractivity contribution in [3.63, 3.8) is 0 Å². The molecule has 1 unspecified atom stereocenters. The first-order valence-electron chi connectivity index (χ1n) is 4.54. The molecule has 78 valence electrons. The van der Waals surface area contributed by atoms with Gasteiger partial charge in [-0.3, -0.25) is 0 Å². The molecule has 14 heavy (non-hydrogen) atoms. The van der Waals surface area contributed by atoms with E-state index in [0.717, 1.165) is 6.42 Å². The molecule has 3 N–H and O–H groups in total. The average molecular weight is 217 g/mol. The summed E-state index contributed by atoms with van der Waals surface area (Å²) >= 11 is 5.73. The van der Waals surface area contributed by atoms with Gasteiger partial charge in [-0.25, -0.2) is 4.39 Å². The molecule has 0 radical (unpaired) electrons. The normalized spacial score (nSPS) is 12.6. The Bertz CT molecular complexity index is 302. The van der Waals surface area contributed by atoms with Crippen molar-refractivity contribution < 1.29 is 4.39 Å². The monoisotopic (exact) mass is 216 g/mol. The van der Waals surface area contributed by atoms with Crippen molar-refractivity contribution in [2.45, 2.75) is 19.4 Å². The standard InChI is InChI=1S/C10H14ClFN2/c1-7(13)4-5-14-10-6-8(11)2-3-9(10)12/h2-3,6-7,14H,4-5,13H2,1H3. The zero-order valence-electron chi connectivity index (χ0n) is 8.06. The Kier molecular flexibility index (Phi) is 4.17. The maximum Gasteiger partial charge on any atom is 0.146 e. The summed E-state index contributed by atoms with van der Waals surface area (Å²) in [4.78, 5) is 0. The summed E-state index contributed by atoms with van der Waals surface area (Å²) in [5, 5.41) is 3.47. The van der Waals surface area contributed by atoms with Gasteiger partial charge >= 0.3 is 0 Å². The van der Waals surface area contributed by atoms with Gasteiger partial charge in [-0.2, -0.15) is 0 Å². The number of anilines is 1. The van der Waals surface area contributed by atoms with Crippen molar-refractivity contribution in [3.05, 3.63) is 29.0 Å². The minimum Gasteiger partial charge on any atom is -0.383 e. The van der Waals surface area contributed by atoms with Gasteiger partial charge in [0.1, 0.15) is 5.82 Å². The van der Waals surface area contributed by atoms with Crippen molar-refractivity contribution >= 4 is 17.3 Å². The molecule has 0 heterocycles. The fourth-order valence-electron chi connectivity index (χ4n) is 1.07. The van der Waals surface area contributed by atoms with Gasteiger partial charge in [0.15, 0.2) is 0 Å². The van der Waals surface area contributed by atoms with E-state index in [1.54, 1.807) is 6.07 Å². The Morgan fingerprint density at radius 2 is 2.29 bits per heavy atom. The first kappa shape index (κ1) is 11.3. The lowest BCUT2D eigenvalue weighted by atomic mass is 10.2. The fourth-order valence-corrected chi connectivity index (χ4v) is 1.24. The molecular weight excluding hydrogens is 203 g/mol. The van der Waals surface area contributed by atoms with Crippen LogP contribution in [0.4, 0.5) is 10.1 Å². The van der Waals surface area contributed by atoms with Crippen molar-refractivity contribution in [2.75, 3.05) is 11.9 Å². The minimum atomic E-state index is -0.293. The number of benzene rings is 1. The van der Waals surface area contributed by atoms with Crippen LogP contribution in [0, 0.1) is 5.82 Å². The third-order valence-electron chi connectivity index (χ3n) is 1.84. The zero-order chi connectivity index (χ0) is 10.6. The molecule has 4 heteroatoms. The van der Waals surface area contributed by atoms with Crippen molar-refractivity contribution in [3.8, 4) is 0 Å². The highest BCUT2D eigenvalue weighted by atomic mass is 35.5. The first-order valence-corrected chi connectivity index (χ1v) is 4.92. The molecule has 2 nitrogen and oxygen atoms in total. The molecule has 0 bridgehead atoms. The van der Waals surface area contributed by atoms with Gasteiger partial charge in [0, 0.05) is 17.6 Å². The molecule has 0 aromatic heterocycles. The molecule has 1 aromatic rings. The summed E-state index contributed by atoms with van der Waals surface area (Å²) in [6, 6.07) is 4.55. The number of nitrogens with one attached hydrogen (secondary N) is 1. The summed E-state index contributed by atoms with van der Waals surface area (Å²) in [5.41, 5.74) is 5.99. The highest BCUT2D eigenvalue weighted by Gasteiger charge is 2.02. The van der Waals surface area contributed by atoms with Crippen LogP contribution in [-0.4, -0.2) is 12.6 Å². The van der Waals surface area contributed by atoms with Gasteiger partial charge in [0.25, 0.3) is 0 Å². The van der Waals surface area contributed by atoms with Gasteiger partial charge in [-0.05, 0) is 31.5 Å². The van der Waals surface area contributed by atoms with E-state index in [9.17, 15) is 4.39 Å². The van der Waals surface area contributed by atoms with E-state index >= 15 is 0 Å². The average Bonchev–Trinajstić information content (AvgIpc) is 2.10. The molecule has 0 amide bonds. The molecular formula is C10H14ClFN2. The lowest BCUT2D eigenvalue weighted by molar-refractivity contribution is 0.626. The molecule has 0 saturated carbocycles. The van der Waals surface area contributed by atoms with Gasteiger partial charge < -0.3 is 11.1 Å². The molecule has 1 aromatic carbocycles. The Morgan fingerprint density at radius 3 is 2.93 bits per heavy atom. The summed E-state index contributed by atoms with van der Waals surface area (Å²) in [6.07, 6.45) is 0.798. The number of hydrogen-bond acceptors (Lipinski definition) is 2. The summed E-state index contributed by atoms with van der Waals surface area (Å²) in [6.45, 7) is 2.56. The molecule has 0 saturated heterocycles. The second kappa shape index (κ2) is 5.17. The number of hydrogen-bond donors (Lipinski definition) is 2. The Balaban J connectivity index is 2.53.